The van der Waals surface area contributed by atoms with E-state index >= 15 is 0 Å². The van der Waals surface area contributed by atoms with Crippen molar-refractivity contribution in [1.29, 1.82) is 0 Å². The molecular formula is C18H34N2. The summed E-state index contributed by atoms with van der Waals surface area (Å²) in [5, 5.41) is 3.79. The predicted molar refractivity (Wildman–Crippen MR) is 86.0 cm³/mol. The summed E-state index contributed by atoms with van der Waals surface area (Å²) in [7, 11) is 0. The molecule has 2 saturated heterocycles. The van der Waals surface area contributed by atoms with Gasteiger partial charge in [-0.25, -0.2) is 0 Å². The molecule has 2 aliphatic heterocycles. The van der Waals surface area contributed by atoms with Crippen molar-refractivity contribution in [1.82, 2.24) is 10.2 Å². The second kappa shape index (κ2) is 5.96. The minimum Gasteiger partial charge on any atom is -0.314 e. The SMILES string of the molecule is CCCNC1CC2CCC(C1)N2C1CCCC(C)(C)C1. The largest absolute Gasteiger partial charge is 0.314 e. The second-order valence-electron chi connectivity index (χ2n) is 8.37. The maximum atomic E-state index is 3.79. The summed E-state index contributed by atoms with van der Waals surface area (Å²) < 4.78 is 0. The Labute approximate surface area is 125 Å². The van der Waals surface area contributed by atoms with Crippen molar-refractivity contribution in [3.8, 4) is 0 Å². The highest BCUT2D eigenvalue weighted by Gasteiger charge is 2.45. The van der Waals surface area contributed by atoms with E-state index in [4.69, 9.17) is 0 Å². The molecule has 0 aromatic rings. The average Bonchev–Trinajstić information content (AvgIpc) is 2.66. The van der Waals surface area contributed by atoms with Crippen LogP contribution >= 0.6 is 0 Å². The number of nitrogens with one attached hydrogen (secondary N) is 1. The van der Waals surface area contributed by atoms with Crippen LogP contribution in [0.4, 0.5) is 0 Å². The molecule has 20 heavy (non-hydrogen) atoms. The zero-order chi connectivity index (χ0) is 14.2. The van der Waals surface area contributed by atoms with E-state index in [1.54, 1.807) is 0 Å². The summed E-state index contributed by atoms with van der Waals surface area (Å²) in [6.45, 7) is 8.45. The smallest absolute Gasteiger partial charge is 0.0116 e. The Morgan fingerprint density at radius 1 is 1.05 bits per heavy atom. The predicted octanol–water partition coefficient (Wildman–Crippen LogP) is 3.95. The minimum atomic E-state index is 0.583. The lowest BCUT2D eigenvalue weighted by molar-refractivity contribution is 0.0231. The minimum absolute atomic E-state index is 0.583. The van der Waals surface area contributed by atoms with Crippen LogP contribution in [-0.4, -0.2) is 35.6 Å². The van der Waals surface area contributed by atoms with Crippen LogP contribution in [-0.2, 0) is 0 Å². The Bertz CT molecular complexity index is 311. The number of hydrogen-bond donors (Lipinski definition) is 1. The molecule has 0 radical (unpaired) electrons. The van der Waals surface area contributed by atoms with Gasteiger partial charge in [0.1, 0.15) is 0 Å². The normalized spacial score (nSPS) is 41.0. The van der Waals surface area contributed by atoms with Crippen LogP contribution in [0.1, 0.15) is 78.6 Å². The molecule has 0 aromatic heterocycles. The van der Waals surface area contributed by atoms with Gasteiger partial charge in [0, 0.05) is 24.2 Å². The third-order valence-corrected chi connectivity index (χ3v) is 6.07. The summed E-state index contributed by atoms with van der Waals surface area (Å²) in [6.07, 6.45) is 12.8. The van der Waals surface area contributed by atoms with Crippen LogP contribution in [0.15, 0.2) is 0 Å². The van der Waals surface area contributed by atoms with Crippen LogP contribution in [0, 0.1) is 5.41 Å². The van der Waals surface area contributed by atoms with Gasteiger partial charge in [0.25, 0.3) is 0 Å². The number of hydrogen-bond acceptors (Lipinski definition) is 2. The van der Waals surface area contributed by atoms with Gasteiger partial charge in [-0.1, -0.05) is 27.2 Å². The van der Waals surface area contributed by atoms with E-state index < -0.39 is 0 Å². The van der Waals surface area contributed by atoms with E-state index in [1.807, 2.05) is 0 Å². The molecule has 3 aliphatic rings. The van der Waals surface area contributed by atoms with Crippen molar-refractivity contribution in [2.45, 2.75) is 103 Å². The molecular weight excluding hydrogens is 244 g/mol. The van der Waals surface area contributed by atoms with Crippen LogP contribution in [0.3, 0.4) is 0 Å². The van der Waals surface area contributed by atoms with Crippen LogP contribution in [0.2, 0.25) is 0 Å². The van der Waals surface area contributed by atoms with Crippen LogP contribution < -0.4 is 5.32 Å². The second-order valence-corrected chi connectivity index (χ2v) is 8.37. The van der Waals surface area contributed by atoms with E-state index in [1.165, 1.54) is 64.3 Å². The topological polar surface area (TPSA) is 15.3 Å². The van der Waals surface area contributed by atoms with Gasteiger partial charge in [0.2, 0.25) is 0 Å². The summed E-state index contributed by atoms with van der Waals surface area (Å²) in [5.74, 6) is 0. The summed E-state index contributed by atoms with van der Waals surface area (Å²) in [4.78, 5) is 2.98. The Morgan fingerprint density at radius 3 is 2.35 bits per heavy atom. The number of piperidine rings is 1. The molecule has 3 atom stereocenters. The molecule has 116 valence electrons. The molecule has 0 amide bonds. The fourth-order valence-electron chi connectivity index (χ4n) is 5.24. The Kier molecular flexibility index (Phi) is 4.42. The van der Waals surface area contributed by atoms with E-state index in [0.29, 0.717) is 5.41 Å². The standard InChI is InChI=1S/C18H34N2/c1-4-10-19-14-11-15-7-8-16(12-14)20(15)17-6-5-9-18(2,3)13-17/h14-17,19H,4-13H2,1-3H3. The first-order chi connectivity index (χ1) is 9.59. The lowest BCUT2D eigenvalue weighted by Crippen LogP contribution is -2.54. The van der Waals surface area contributed by atoms with E-state index in [0.717, 1.165) is 24.2 Å². The zero-order valence-electron chi connectivity index (χ0n) is 13.8. The van der Waals surface area contributed by atoms with Crippen molar-refractivity contribution >= 4 is 0 Å². The van der Waals surface area contributed by atoms with Gasteiger partial charge in [-0.3, -0.25) is 4.90 Å². The zero-order valence-corrected chi connectivity index (χ0v) is 13.8. The van der Waals surface area contributed by atoms with Gasteiger partial charge >= 0.3 is 0 Å². The third kappa shape index (κ3) is 3.06. The third-order valence-electron chi connectivity index (χ3n) is 6.07. The van der Waals surface area contributed by atoms with E-state index in [-0.39, 0.29) is 0 Å². The fraction of sp³-hybridized carbons (Fsp3) is 1.00. The summed E-state index contributed by atoms with van der Waals surface area (Å²) in [5.41, 5.74) is 0.583. The van der Waals surface area contributed by atoms with Crippen molar-refractivity contribution < 1.29 is 0 Å². The van der Waals surface area contributed by atoms with Gasteiger partial charge in [0.05, 0.1) is 0 Å². The van der Waals surface area contributed by atoms with Crippen molar-refractivity contribution in [3.63, 3.8) is 0 Å². The molecule has 1 N–H and O–H groups in total. The van der Waals surface area contributed by atoms with Gasteiger partial charge in [-0.2, -0.15) is 0 Å². The summed E-state index contributed by atoms with van der Waals surface area (Å²) in [6, 6.07) is 3.48. The molecule has 2 nitrogen and oxygen atoms in total. The first-order valence-electron chi connectivity index (χ1n) is 9.10. The number of nitrogens with zero attached hydrogens (tertiary/aromatic N) is 1. The molecule has 0 spiro atoms. The Morgan fingerprint density at radius 2 is 1.75 bits per heavy atom. The van der Waals surface area contributed by atoms with E-state index in [9.17, 15) is 0 Å². The fourth-order valence-corrected chi connectivity index (χ4v) is 5.24. The van der Waals surface area contributed by atoms with Gasteiger partial charge < -0.3 is 5.32 Å². The molecule has 1 aliphatic carbocycles. The van der Waals surface area contributed by atoms with Crippen molar-refractivity contribution in [2.75, 3.05) is 6.54 Å². The van der Waals surface area contributed by atoms with Crippen LogP contribution in [0.5, 0.6) is 0 Å². The molecule has 2 bridgehead atoms. The maximum absolute atomic E-state index is 3.79. The maximum Gasteiger partial charge on any atom is 0.0116 e. The Hall–Kier alpha value is -0.0800. The average molecular weight is 278 g/mol. The van der Waals surface area contributed by atoms with Gasteiger partial charge in [0.15, 0.2) is 0 Å². The van der Waals surface area contributed by atoms with Crippen molar-refractivity contribution in [3.05, 3.63) is 0 Å². The van der Waals surface area contributed by atoms with Crippen molar-refractivity contribution in [2.24, 2.45) is 5.41 Å². The molecule has 3 unspecified atom stereocenters. The molecule has 2 heterocycles. The molecule has 0 aromatic carbocycles. The molecule has 3 fully saturated rings. The lowest BCUT2D eigenvalue weighted by Gasteiger charge is -2.48. The summed E-state index contributed by atoms with van der Waals surface area (Å²) >= 11 is 0. The highest BCUT2D eigenvalue weighted by Crippen LogP contribution is 2.44. The van der Waals surface area contributed by atoms with E-state index in [2.05, 4.69) is 31.0 Å². The molecule has 1 saturated carbocycles. The molecule has 2 heteroatoms. The first-order valence-corrected chi connectivity index (χ1v) is 9.10. The van der Waals surface area contributed by atoms with Crippen LogP contribution in [0.25, 0.3) is 0 Å². The van der Waals surface area contributed by atoms with Gasteiger partial charge in [-0.15, -0.1) is 0 Å². The molecule has 3 rings (SSSR count). The number of fused-ring (bicyclic) bond motifs is 2. The highest BCUT2D eigenvalue weighted by atomic mass is 15.3. The monoisotopic (exact) mass is 278 g/mol. The van der Waals surface area contributed by atoms with Gasteiger partial charge in [-0.05, 0) is 63.3 Å². The lowest BCUT2D eigenvalue weighted by atomic mass is 9.74. The first kappa shape index (κ1) is 14.8. The highest BCUT2D eigenvalue weighted by molar-refractivity contribution is 5.01. The quantitative estimate of drug-likeness (QED) is 0.837. The Balaban J connectivity index is 1.62. The number of rotatable bonds is 4.